The van der Waals surface area contributed by atoms with E-state index in [9.17, 15) is 0 Å². The Kier molecular flexibility index (Phi) is 3.91. The first-order chi connectivity index (χ1) is 7.77. The van der Waals surface area contributed by atoms with Gasteiger partial charge in [0.25, 0.3) is 0 Å². The fraction of sp³-hybridized carbons (Fsp3) is 0.615. The van der Waals surface area contributed by atoms with E-state index in [0.717, 1.165) is 6.54 Å². The molecule has 1 aliphatic heterocycles. The van der Waals surface area contributed by atoms with Gasteiger partial charge in [-0.25, -0.2) is 0 Å². The molecular weight excluding hydrogens is 198 g/mol. The lowest BCUT2D eigenvalue weighted by atomic mass is 9.96. The maximum atomic E-state index is 6.06. The van der Waals surface area contributed by atoms with Crippen molar-refractivity contribution in [2.24, 2.45) is 5.73 Å². The molecule has 16 heavy (non-hydrogen) atoms. The Labute approximate surface area is 97.7 Å². The highest BCUT2D eigenvalue weighted by Crippen LogP contribution is 2.21. The van der Waals surface area contributed by atoms with Gasteiger partial charge in [0, 0.05) is 31.0 Å². The molecule has 3 heteroatoms. The van der Waals surface area contributed by atoms with Crippen LogP contribution >= 0.6 is 0 Å². The first kappa shape index (κ1) is 11.6. The van der Waals surface area contributed by atoms with E-state index in [4.69, 9.17) is 5.73 Å². The Hall–Kier alpha value is -0.930. The van der Waals surface area contributed by atoms with Crippen LogP contribution in [0.1, 0.15) is 31.7 Å². The molecule has 2 N–H and O–H groups in total. The van der Waals surface area contributed by atoms with Crippen molar-refractivity contribution >= 4 is 0 Å². The minimum absolute atomic E-state index is 0.266. The number of likely N-dealkylation sites (tertiary alicyclic amines) is 1. The average Bonchev–Trinajstić information content (AvgIpc) is 2.31. The number of pyridine rings is 1. The lowest BCUT2D eigenvalue weighted by molar-refractivity contribution is 0.123. The van der Waals surface area contributed by atoms with E-state index in [1.807, 2.05) is 12.4 Å². The highest BCUT2D eigenvalue weighted by Gasteiger charge is 2.24. The normalized spacial score (nSPS) is 24.2. The molecule has 1 aromatic rings. The summed E-state index contributed by atoms with van der Waals surface area (Å²) in [5.41, 5.74) is 7.39. The molecule has 0 radical (unpaired) electrons. The van der Waals surface area contributed by atoms with Crippen LogP contribution in [0.3, 0.4) is 0 Å². The number of hydrogen-bond donors (Lipinski definition) is 1. The van der Waals surface area contributed by atoms with Gasteiger partial charge in [-0.2, -0.15) is 0 Å². The van der Waals surface area contributed by atoms with Gasteiger partial charge in [0.15, 0.2) is 0 Å². The van der Waals surface area contributed by atoms with E-state index in [2.05, 4.69) is 28.9 Å². The van der Waals surface area contributed by atoms with Gasteiger partial charge in [-0.15, -0.1) is 0 Å². The van der Waals surface area contributed by atoms with Crippen LogP contribution in [0.4, 0.5) is 0 Å². The molecule has 0 amide bonds. The van der Waals surface area contributed by atoms with Crippen LogP contribution in [0.5, 0.6) is 0 Å². The standard InChI is InChI=1S/C13H21N3/c1-11(14)13-4-2-3-9-16(13)10-12-5-7-15-8-6-12/h5-8,11,13H,2-4,9-10,14H2,1H3. The lowest BCUT2D eigenvalue weighted by Crippen LogP contribution is -2.48. The molecule has 1 aliphatic rings. The van der Waals surface area contributed by atoms with E-state index < -0.39 is 0 Å². The summed E-state index contributed by atoms with van der Waals surface area (Å²) in [6.45, 7) is 4.30. The van der Waals surface area contributed by atoms with Crippen molar-refractivity contribution < 1.29 is 0 Å². The largest absolute Gasteiger partial charge is 0.327 e. The average molecular weight is 219 g/mol. The van der Waals surface area contributed by atoms with Crippen LogP contribution in [-0.2, 0) is 6.54 Å². The minimum Gasteiger partial charge on any atom is -0.327 e. The van der Waals surface area contributed by atoms with Gasteiger partial charge < -0.3 is 5.73 Å². The number of hydrogen-bond acceptors (Lipinski definition) is 3. The van der Waals surface area contributed by atoms with Crippen molar-refractivity contribution in [3.8, 4) is 0 Å². The molecule has 0 saturated carbocycles. The van der Waals surface area contributed by atoms with Crippen LogP contribution in [0, 0.1) is 0 Å². The number of nitrogens with two attached hydrogens (primary N) is 1. The second kappa shape index (κ2) is 5.41. The zero-order valence-corrected chi connectivity index (χ0v) is 9.97. The van der Waals surface area contributed by atoms with Crippen LogP contribution in [0.25, 0.3) is 0 Å². The molecule has 3 nitrogen and oxygen atoms in total. The summed E-state index contributed by atoms with van der Waals surface area (Å²) in [6, 6.07) is 4.99. The zero-order chi connectivity index (χ0) is 11.4. The molecule has 0 spiro atoms. The predicted molar refractivity (Wildman–Crippen MR) is 65.9 cm³/mol. The number of aromatic nitrogens is 1. The lowest BCUT2D eigenvalue weighted by Gasteiger charge is -2.38. The van der Waals surface area contributed by atoms with Gasteiger partial charge >= 0.3 is 0 Å². The second-order valence-electron chi connectivity index (χ2n) is 4.75. The summed E-state index contributed by atoms with van der Waals surface area (Å²) in [7, 11) is 0. The quantitative estimate of drug-likeness (QED) is 0.842. The third-order valence-electron chi connectivity index (χ3n) is 3.41. The molecule has 2 rings (SSSR count). The highest BCUT2D eigenvalue weighted by atomic mass is 15.2. The predicted octanol–water partition coefficient (Wildman–Crippen LogP) is 1.78. The monoisotopic (exact) mass is 219 g/mol. The van der Waals surface area contributed by atoms with Crippen molar-refractivity contribution in [1.82, 2.24) is 9.88 Å². The topological polar surface area (TPSA) is 42.1 Å². The van der Waals surface area contributed by atoms with Crippen LogP contribution in [0.15, 0.2) is 24.5 Å². The van der Waals surface area contributed by atoms with Gasteiger partial charge in [0.2, 0.25) is 0 Å². The molecule has 0 aliphatic carbocycles. The van der Waals surface area contributed by atoms with E-state index in [-0.39, 0.29) is 6.04 Å². The zero-order valence-electron chi connectivity index (χ0n) is 9.97. The molecular formula is C13H21N3. The van der Waals surface area contributed by atoms with E-state index >= 15 is 0 Å². The summed E-state index contributed by atoms with van der Waals surface area (Å²) >= 11 is 0. The van der Waals surface area contributed by atoms with E-state index in [1.54, 1.807) is 0 Å². The fourth-order valence-corrected chi connectivity index (χ4v) is 2.53. The summed E-state index contributed by atoms with van der Waals surface area (Å²) in [6.07, 6.45) is 7.58. The van der Waals surface area contributed by atoms with Crippen LogP contribution in [0.2, 0.25) is 0 Å². The Bertz CT molecular complexity index is 310. The smallest absolute Gasteiger partial charge is 0.0271 e. The summed E-state index contributed by atoms with van der Waals surface area (Å²) in [4.78, 5) is 6.57. The number of piperidine rings is 1. The van der Waals surface area contributed by atoms with E-state index in [1.165, 1.54) is 31.4 Å². The van der Waals surface area contributed by atoms with Gasteiger partial charge in [-0.3, -0.25) is 9.88 Å². The number of rotatable bonds is 3. The Morgan fingerprint density at radius 2 is 2.19 bits per heavy atom. The molecule has 1 fully saturated rings. The summed E-state index contributed by atoms with van der Waals surface area (Å²) in [5, 5.41) is 0. The first-order valence-electron chi connectivity index (χ1n) is 6.16. The molecule has 1 aromatic heterocycles. The highest BCUT2D eigenvalue weighted by molar-refractivity contribution is 5.10. The van der Waals surface area contributed by atoms with Crippen LogP contribution in [-0.4, -0.2) is 28.5 Å². The third-order valence-corrected chi connectivity index (χ3v) is 3.41. The number of nitrogens with zero attached hydrogens (tertiary/aromatic N) is 2. The maximum absolute atomic E-state index is 6.06. The fourth-order valence-electron chi connectivity index (χ4n) is 2.53. The van der Waals surface area contributed by atoms with Gasteiger partial charge in [-0.05, 0) is 44.0 Å². The molecule has 2 heterocycles. The molecule has 0 bridgehead atoms. The Balaban J connectivity index is 2.01. The van der Waals surface area contributed by atoms with Crippen molar-refractivity contribution in [1.29, 1.82) is 0 Å². The van der Waals surface area contributed by atoms with Crippen molar-refractivity contribution in [3.63, 3.8) is 0 Å². The molecule has 2 unspecified atom stereocenters. The summed E-state index contributed by atoms with van der Waals surface area (Å²) < 4.78 is 0. The van der Waals surface area contributed by atoms with Crippen molar-refractivity contribution in [2.75, 3.05) is 6.54 Å². The van der Waals surface area contributed by atoms with Gasteiger partial charge in [-0.1, -0.05) is 6.42 Å². The molecule has 88 valence electrons. The van der Waals surface area contributed by atoms with Gasteiger partial charge in [0.1, 0.15) is 0 Å². The van der Waals surface area contributed by atoms with E-state index in [0.29, 0.717) is 6.04 Å². The summed E-state index contributed by atoms with van der Waals surface area (Å²) in [5.74, 6) is 0. The Morgan fingerprint density at radius 1 is 1.44 bits per heavy atom. The SMILES string of the molecule is CC(N)C1CCCCN1Cc1ccncc1. The Morgan fingerprint density at radius 3 is 2.88 bits per heavy atom. The molecule has 2 atom stereocenters. The maximum Gasteiger partial charge on any atom is 0.0271 e. The van der Waals surface area contributed by atoms with Crippen molar-refractivity contribution in [2.45, 2.75) is 44.8 Å². The molecule has 0 aromatic carbocycles. The van der Waals surface area contributed by atoms with Gasteiger partial charge in [0.05, 0.1) is 0 Å². The first-order valence-corrected chi connectivity index (χ1v) is 6.16. The van der Waals surface area contributed by atoms with Crippen LogP contribution < -0.4 is 5.73 Å². The van der Waals surface area contributed by atoms with Crippen molar-refractivity contribution in [3.05, 3.63) is 30.1 Å². The minimum atomic E-state index is 0.266. The second-order valence-corrected chi connectivity index (χ2v) is 4.75. The molecule has 1 saturated heterocycles. The third kappa shape index (κ3) is 2.80.